The molecule has 0 radical (unpaired) electrons. The summed E-state index contributed by atoms with van der Waals surface area (Å²) in [7, 11) is 2.03. The summed E-state index contributed by atoms with van der Waals surface area (Å²) < 4.78 is 33.3. The lowest BCUT2D eigenvalue weighted by atomic mass is 9.99. The van der Waals surface area contributed by atoms with Crippen LogP contribution in [0.1, 0.15) is 12.5 Å². The smallest absolute Gasteiger partial charge is 0.129 e. The Bertz CT molecular complexity index is 422. The average Bonchev–Trinajstić information content (AvgIpc) is 2.42. The number of nitrogens with zero attached hydrogens (tertiary/aromatic N) is 1. The van der Waals surface area contributed by atoms with Crippen LogP contribution in [0.3, 0.4) is 0 Å². The van der Waals surface area contributed by atoms with Gasteiger partial charge in [-0.3, -0.25) is 0 Å². The number of halogens is 2. The third kappa shape index (κ3) is 3.75. The van der Waals surface area contributed by atoms with E-state index in [9.17, 15) is 8.78 Å². The van der Waals surface area contributed by atoms with Gasteiger partial charge in [0.2, 0.25) is 0 Å². The zero-order valence-electron chi connectivity index (χ0n) is 12.0. The third-order valence-corrected chi connectivity index (χ3v) is 3.70. The van der Waals surface area contributed by atoms with Gasteiger partial charge in [0, 0.05) is 24.7 Å². The molecule has 0 bridgehead atoms. The molecule has 20 heavy (non-hydrogen) atoms. The lowest BCUT2D eigenvalue weighted by Crippen LogP contribution is -2.52. The largest absolute Gasteiger partial charge is 0.374 e. The molecule has 2 atom stereocenters. The van der Waals surface area contributed by atoms with Gasteiger partial charge in [-0.2, -0.15) is 0 Å². The average molecular weight is 284 g/mol. The molecule has 1 fully saturated rings. The number of nitrogens with one attached hydrogen (secondary N) is 1. The second-order valence-corrected chi connectivity index (χ2v) is 5.24. The molecular formula is C15H22F2N2O. The van der Waals surface area contributed by atoms with Crippen molar-refractivity contribution in [1.82, 2.24) is 10.2 Å². The van der Waals surface area contributed by atoms with E-state index < -0.39 is 11.6 Å². The lowest BCUT2D eigenvalue weighted by Gasteiger charge is -2.35. The van der Waals surface area contributed by atoms with Gasteiger partial charge < -0.3 is 15.0 Å². The maximum atomic E-state index is 13.8. The van der Waals surface area contributed by atoms with E-state index in [0.29, 0.717) is 13.0 Å². The van der Waals surface area contributed by atoms with E-state index in [2.05, 4.69) is 10.2 Å². The Hall–Kier alpha value is -1.04. The van der Waals surface area contributed by atoms with E-state index >= 15 is 0 Å². The van der Waals surface area contributed by atoms with Crippen molar-refractivity contribution in [1.29, 1.82) is 0 Å². The van der Waals surface area contributed by atoms with Gasteiger partial charge >= 0.3 is 0 Å². The Morgan fingerprint density at radius 1 is 1.40 bits per heavy atom. The van der Waals surface area contributed by atoms with Gasteiger partial charge in [0.1, 0.15) is 11.6 Å². The highest BCUT2D eigenvalue weighted by molar-refractivity contribution is 5.21. The molecule has 0 aliphatic carbocycles. The van der Waals surface area contributed by atoms with Gasteiger partial charge in [0.05, 0.1) is 12.7 Å². The molecule has 1 heterocycles. The fraction of sp³-hybridized carbons (Fsp3) is 0.600. The van der Waals surface area contributed by atoms with Crippen molar-refractivity contribution < 1.29 is 13.5 Å². The lowest BCUT2D eigenvalue weighted by molar-refractivity contribution is -0.0383. The number of rotatable bonds is 5. The summed E-state index contributed by atoms with van der Waals surface area (Å²) >= 11 is 0. The molecule has 3 nitrogen and oxygen atoms in total. The molecule has 1 N–H and O–H groups in total. The van der Waals surface area contributed by atoms with Crippen molar-refractivity contribution in [3.63, 3.8) is 0 Å². The predicted octanol–water partition coefficient (Wildman–Crippen LogP) is 1.82. The first-order valence-corrected chi connectivity index (χ1v) is 7.08. The second-order valence-electron chi connectivity index (χ2n) is 5.24. The minimum Gasteiger partial charge on any atom is -0.374 e. The number of benzene rings is 1. The van der Waals surface area contributed by atoms with Crippen LogP contribution in [0.5, 0.6) is 0 Å². The molecule has 0 spiro atoms. The van der Waals surface area contributed by atoms with Crippen LogP contribution < -0.4 is 5.32 Å². The van der Waals surface area contributed by atoms with E-state index in [1.807, 2.05) is 14.0 Å². The summed E-state index contributed by atoms with van der Waals surface area (Å²) in [6, 6.07) is 3.90. The van der Waals surface area contributed by atoms with Crippen molar-refractivity contribution >= 4 is 0 Å². The molecule has 2 rings (SSSR count). The van der Waals surface area contributed by atoms with Crippen LogP contribution in [0.4, 0.5) is 8.78 Å². The Morgan fingerprint density at radius 2 is 2.10 bits per heavy atom. The molecule has 1 saturated heterocycles. The molecule has 0 saturated carbocycles. The quantitative estimate of drug-likeness (QED) is 0.892. The number of morpholine rings is 1. The normalized spacial score (nSPS) is 21.9. The van der Waals surface area contributed by atoms with Crippen LogP contribution in [0.25, 0.3) is 0 Å². The highest BCUT2D eigenvalue weighted by Crippen LogP contribution is 2.18. The fourth-order valence-corrected chi connectivity index (χ4v) is 2.60. The van der Waals surface area contributed by atoms with Crippen LogP contribution in [0.2, 0.25) is 0 Å². The van der Waals surface area contributed by atoms with Gasteiger partial charge in [-0.1, -0.05) is 13.0 Å². The minimum absolute atomic E-state index is 0.0484. The van der Waals surface area contributed by atoms with Crippen molar-refractivity contribution in [2.24, 2.45) is 0 Å². The molecule has 0 aromatic heterocycles. The maximum absolute atomic E-state index is 13.8. The Kier molecular flexibility index (Phi) is 5.46. The van der Waals surface area contributed by atoms with E-state index in [0.717, 1.165) is 19.6 Å². The van der Waals surface area contributed by atoms with E-state index in [-0.39, 0.29) is 17.7 Å². The second kappa shape index (κ2) is 7.11. The minimum atomic E-state index is -0.489. The highest BCUT2D eigenvalue weighted by Gasteiger charge is 2.28. The number of likely N-dealkylation sites (N-methyl/N-ethyl adjacent to an activating group) is 2. The summed E-state index contributed by atoms with van der Waals surface area (Å²) in [6.45, 7) is 5.04. The van der Waals surface area contributed by atoms with Crippen molar-refractivity contribution in [2.75, 3.05) is 33.3 Å². The van der Waals surface area contributed by atoms with Crippen LogP contribution >= 0.6 is 0 Å². The molecule has 1 aromatic carbocycles. The summed E-state index contributed by atoms with van der Waals surface area (Å²) in [6.07, 6.45) is 0.248. The summed E-state index contributed by atoms with van der Waals surface area (Å²) in [5, 5.41) is 3.29. The molecule has 2 unspecified atom stereocenters. The number of ether oxygens (including phenoxy) is 1. The van der Waals surface area contributed by atoms with E-state index in [1.165, 1.54) is 18.2 Å². The molecule has 112 valence electrons. The van der Waals surface area contributed by atoms with Gasteiger partial charge in [0.25, 0.3) is 0 Å². The Balaban J connectivity index is 2.12. The standard InChI is InChI=1S/C15H22F2N2O/c1-3-18-14(15-10-19(2)7-8-20-15)9-11-12(16)5-4-6-13(11)17/h4-6,14-15,18H,3,7-10H2,1-2H3. The monoisotopic (exact) mass is 284 g/mol. The first-order chi connectivity index (χ1) is 9.61. The molecule has 1 aliphatic heterocycles. The molecule has 1 aliphatic rings. The van der Waals surface area contributed by atoms with Crippen LogP contribution in [-0.2, 0) is 11.2 Å². The zero-order chi connectivity index (χ0) is 14.5. The van der Waals surface area contributed by atoms with Crippen LogP contribution in [-0.4, -0.2) is 50.3 Å². The van der Waals surface area contributed by atoms with Crippen molar-refractivity contribution in [3.8, 4) is 0 Å². The molecule has 5 heteroatoms. The fourth-order valence-electron chi connectivity index (χ4n) is 2.60. The van der Waals surface area contributed by atoms with E-state index in [1.54, 1.807) is 0 Å². The van der Waals surface area contributed by atoms with E-state index in [4.69, 9.17) is 4.74 Å². The predicted molar refractivity (Wildman–Crippen MR) is 74.8 cm³/mol. The molecular weight excluding hydrogens is 262 g/mol. The van der Waals surface area contributed by atoms with Crippen molar-refractivity contribution in [3.05, 3.63) is 35.4 Å². The van der Waals surface area contributed by atoms with Gasteiger partial charge in [-0.15, -0.1) is 0 Å². The summed E-state index contributed by atoms with van der Waals surface area (Å²) in [4.78, 5) is 2.18. The zero-order valence-corrected chi connectivity index (χ0v) is 12.0. The maximum Gasteiger partial charge on any atom is 0.129 e. The van der Waals surface area contributed by atoms with Gasteiger partial charge in [-0.05, 0) is 32.1 Å². The summed E-state index contributed by atoms with van der Waals surface area (Å²) in [5.41, 5.74) is 0.135. The van der Waals surface area contributed by atoms with Gasteiger partial charge in [-0.25, -0.2) is 8.78 Å². The first-order valence-electron chi connectivity index (χ1n) is 7.08. The number of hydrogen-bond donors (Lipinski definition) is 1. The molecule has 0 amide bonds. The molecule has 1 aromatic rings. The van der Waals surface area contributed by atoms with Gasteiger partial charge in [0.15, 0.2) is 0 Å². The third-order valence-electron chi connectivity index (χ3n) is 3.70. The summed E-state index contributed by atoms with van der Waals surface area (Å²) in [5.74, 6) is -0.978. The number of hydrogen-bond acceptors (Lipinski definition) is 3. The Morgan fingerprint density at radius 3 is 2.70 bits per heavy atom. The topological polar surface area (TPSA) is 24.5 Å². The highest BCUT2D eigenvalue weighted by atomic mass is 19.1. The van der Waals surface area contributed by atoms with Crippen LogP contribution in [0, 0.1) is 11.6 Å². The first kappa shape index (κ1) is 15.4. The Labute approximate surface area is 118 Å². The van der Waals surface area contributed by atoms with Crippen molar-refractivity contribution in [2.45, 2.75) is 25.5 Å². The SMILES string of the molecule is CCNC(Cc1c(F)cccc1F)C1CN(C)CCO1. The van der Waals surface area contributed by atoms with Crippen LogP contribution in [0.15, 0.2) is 18.2 Å².